The van der Waals surface area contributed by atoms with Crippen LogP contribution in [-0.2, 0) is 0 Å². The molecule has 0 aliphatic carbocycles. The minimum atomic E-state index is 0.103. The third-order valence-electron chi connectivity index (χ3n) is 5.66. The number of aryl methyl sites for hydroxylation is 6. The van der Waals surface area contributed by atoms with Crippen LogP contribution >= 0.6 is 0 Å². The molecular formula is C33H36O2. The molecule has 4 aromatic carbocycles. The second-order valence-electron chi connectivity index (χ2n) is 9.04. The Morgan fingerprint density at radius 3 is 1.34 bits per heavy atom. The van der Waals surface area contributed by atoms with Gasteiger partial charge in [-0.3, -0.25) is 9.59 Å². The van der Waals surface area contributed by atoms with E-state index in [-0.39, 0.29) is 11.6 Å². The molecule has 2 heteroatoms. The van der Waals surface area contributed by atoms with Crippen molar-refractivity contribution in [2.75, 3.05) is 0 Å². The summed E-state index contributed by atoms with van der Waals surface area (Å²) in [6, 6.07) is 29.9. The molecule has 0 amide bonds. The second kappa shape index (κ2) is 13.2. The highest BCUT2D eigenvalue weighted by atomic mass is 16.1. The molecule has 0 fully saturated rings. The zero-order chi connectivity index (χ0) is 26.0. The lowest BCUT2D eigenvalue weighted by molar-refractivity contribution is 0.101. The average Bonchev–Trinajstić information content (AvgIpc) is 2.83. The lowest BCUT2D eigenvalue weighted by atomic mass is 9.97. The maximum absolute atomic E-state index is 12.3. The lowest BCUT2D eigenvalue weighted by Gasteiger charge is -2.06. The van der Waals surface area contributed by atoms with Gasteiger partial charge in [0.2, 0.25) is 0 Å². The quantitative estimate of drug-likeness (QED) is 0.286. The summed E-state index contributed by atoms with van der Waals surface area (Å²) < 4.78 is 0. The number of hydrogen-bond donors (Lipinski definition) is 0. The van der Waals surface area contributed by atoms with Gasteiger partial charge in [-0.15, -0.1) is 0 Å². The Hall–Kier alpha value is -3.78. The molecular weight excluding hydrogens is 428 g/mol. The Morgan fingerprint density at radius 2 is 0.914 bits per heavy atom. The molecule has 4 aromatic rings. The fourth-order valence-electron chi connectivity index (χ4n) is 3.49. The third-order valence-corrected chi connectivity index (χ3v) is 5.66. The lowest BCUT2D eigenvalue weighted by Crippen LogP contribution is -2.04. The number of hydrogen-bond acceptors (Lipinski definition) is 2. The van der Waals surface area contributed by atoms with Crippen molar-refractivity contribution < 1.29 is 9.59 Å². The van der Waals surface area contributed by atoms with Crippen LogP contribution in [0.2, 0.25) is 0 Å². The van der Waals surface area contributed by atoms with Gasteiger partial charge < -0.3 is 0 Å². The van der Waals surface area contributed by atoms with Crippen LogP contribution in [0, 0.1) is 41.5 Å². The van der Waals surface area contributed by atoms with Crippen LogP contribution in [0.4, 0.5) is 0 Å². The predicted octanol–water partition coefficient (Wildman–Crippen LogP) is 8.34. The van der Waals surface area contributed by atoms with Crippen molar-refractivity contribution in [1.82, 2.24) is 0 Å². The number of ketones is 2. The fourth-order valence-corrected chi connectivity index (χ4v) is 3.49. The number of rotatable bonds is 3. The van der Waals surface area contributed by atoms with Gasteiger partial charge in [0, 0.05) is 16.7 Å². The van der Waals surface area contributed by atoms with Gasteiger partial charge in [-0.25, -0.2) is 0 Å². The molecule has 0 heterocycles. The van der Waals surface area contributed by atoms with E-state index in [0.29, 0.717) is 0 Å². The largest absolute Gasteiger partial charge is 0.295 e. The van der Waals surface area contributed by atoms with Gasteiger partial charge in [-0.05, 0) is 71.7 Å². The second-order valence-corrected chi connectivity index (χ2v) is 9.04. The predicted molar refractivity (Wildman–Crippen MR) is 148 cm³/mol. The van der Waals surface area contributed by atoms with Crippen molar-refractivity contribution >= 4 is 11.6 Å². The first-order valence-corrected chi connectivity index (χ1v) is 11.9. The summed E-state index contributed by atoms with van der Waals surface area (Å²) in [4.78, 5) is 23.3. The van der Waals surface area contributed by atoms with E-state index >= 15 is 0 Å². The molecule has 0 saturated heterocycles. The molecule has 35 heavy (non-hydrogen) atoms. The van der Waals surface area contributed by atoms with Crippen molar-refractivity contribution in [3.8, 4) is 0 Å². The molecule has 0 aliphatic heterocycles. The van der Waals surface area contributed by atoms with E-state index in [2.05, 4.69) is 19.1 Å². The molecule has 0 saturated carbocycles. The van der Waals surface area contributed by atoms with Crippen LogP contribution in [0.15, 0.2) is 91.0 Å². The van der Waals surface area contributed by atoms with Crippen LogP contribution in [0.3, 0.4) is 0 Å². The highest BCUT2D eigenvalue weighted by Crippen LogP contribution is 2.16. The molecule has 2 nitrogen and oxygen atoms in total. The Bertz CT molecular complexity index is 1270. The van der Waals surface area contributed by atoms with Crippen LogP contribution in [0.1, 0.15) is 66.6 Å². The maximum atomic E-state index is 12.3. The summed E-state index contributed by atoms with van der Waals surface area (Å²) >= 11 is 0. The third kappa shape index (κ3) is 8.83. The van der Waals surface area contributed by atoms with Crippen molar-refractivity contribution in [3.63, 3.8) is 0 Å². The normalized spacial score (nSPS) is 9.80. The molecule has 0 N–H and O–H groups in total. The number of benzene rings is 4. The monoisotopic (exact) mass is 464 g/mol. The molecule has 0 radical (unpaired) electrons. The van der Waals surface area contributed by atoms with E-state index in [1.807, 2.05) is 113 Å². The number of carbonyl (C=O) groups is 2. The zero-order valence-corrected chi connectivity index (χ0v) is 22.0. The van der Waals surface area contributed by atoms with Crippen molar-refractivity contribution in [1.29, 1.82) is 0 Å². The van der Waals surface area contributed by atoms with Gasteiger partial charge in [0.1, 0.15) is 0 Å². The van der Waals surface area contributed by atoms with Crippen LogP contribution < -0.4 is 0 Å². The first kappa shape index (κ1) is 27.5. The van der Waals surface area contributed by atoms with E-state index in [1.165, 1.54) is 11.1 Å². The first-order chi connectivity index (χ1) is 16.6. The van der Waals surface area contributed by atoms with E-state index in [4.69, 9.17) is 0 Å². The minimum absolute atomic E-state index is 0.103. The Kier molecular flexibility index (Phi) is 10.4. The van der Waals surface area contributed by atoms with Gasteiger partial charge in [0.25, 0.3) is 0 Å². The molecule has 0 aliphatic rings. The molecule has 180 valence electrons. The fraction of sp³-hybridized carbons (Fsp3) is 0.212. The van der Waals surface area contributed by atoms with Gasteiger partial charge in [-0.1, -0.05) is 101 Å². The number of Topliss-reactive ketones (excluding diaryl/α,β-unsaturated/α-hetero) is 1. The van der Waals surface area contributed by atoms with Crippen LogP contribution in [0.5, 0.6) is 0 Å². The summed E-state index contributed by atoms with van der Waals surface area (Å²) in [7, 11) is 0. The summed E-state index contributed by atoms with van der Waals surface area (Å²) in [6.07, 6.45) is 0. The average molecular weight is 465 g/mol. The van der Waals surface area contributed by atoms with E-state index in [0.717, 1.165) is 38.9 Å². The summed E-state index contributed by atoms with van der Waals surface area (Å²) in [5, 5.41) is 0. The Balaban J connectivity index is 0.000000205. The highest BCUT2D eigenvalue weighted by molar-refractivity contribution is 6.10. The summed E-state index contributed by atoms with van der Waals surface area (Å²) in [6.45, 7) is 13.6. The van der Waals surface area contributed by atoms with Crippen molar-refractivity contribution in [2.24, 2.45) is 0 Å². The van der Waals surface area contributed by atoms with Gasteiger partial charge in [0.15, 0.2) is 11.6 Å². The van der Waals surface area contributed by atoms with Gasteiger partial charge in [-0.2, -0.15) is 0 Å². The SMILES string of the molecule is CC(=O)c1cc(C)ccc1C.Cc1ccc(C(=O)c2cc(C)ccc2C)cc1.Cc1ccccc1. The standard InChI is InChI=1S/C16H16O.C10H12O.C7H8/c1-11-5-8-14(9-6-11)16(17)15-10-12(2)4-7-13(15)3;1-7-4-5-8(2)10(6-7)9(3)11;1-7-5-3-2-4-6-7/h4-10H,1-3H3;4-6H,1-3H3;2-6H,1H3. The van der Waals surface area contributed by atoms with Gasteiger partial charge >= 0.3 is 0 Å². The van der Waals surface area contributed by atoms with E-state index < -0.39 is 0 Å². The smallest absolute Gasteiger partial charge is 0.193 e. The molecule has 0 atom stereocenters. The molecule has 0 spiro atoms. The van der Waals surface area contributed by atoms with Crippen LogP contribution in [0.25, 0.3) is 0 Å². The summed E-state index contributed by atoms with van der Waals surface area (Å²) in [5.41, 5.74) is 9.23. The Labute approximate surface area is 210 Å². The minimum Gasteiger partial charge on any atom is -0.295 e. The highest BCUT2D eigenvalue weighted by Gasteiger charge is 2.11. The molecule has 4 rings (SSSR count). The Morgan fingerprint density at radius 1 is 0.486 bits per heavy atom. The first-order valence-electron chi connectivity index (χ1n) is 11.9. The topological polar surface area (TPSA) is 34.1 Å². The van der Waals surface area contributed by atoms with Crippen molar-refractivity contribution in [3.05, 3.63) is 141 Å². The van der Waals surface area contributed by atoms with Crippen molar-refractivity contribution in [2.45, 2.75) is 48.5 Å². The zero-order valence-electron chi connectivity index (χ0n) is 22.0. The van der Waals surface area contributed by atoms with Gasteiger partial charge in [0.05, 0.1) is 0 Å². The molecule has 0 aromatic heterocycles. The summed E-state index contributed by atoms with van der Waals surface area (Å²) in [5.74, 6) is 0.248. The number of carbonyl (C=O) groups excluding carboxylic acids is 2. The molecule has 0 bridgehead atoms. The van der Waals surface area contributed by atoms with E-state index in [1.54, 1.807) is 6.92 Å². The molecule has 0 unspecified atom stereocenters. The van der Waals surface area contributed by atoms with Crippen LogP contribution in [-0.4, -0.2) is 11.6 Å². The van der Waals surface area contributed by atoms with E-state index in [9.17, 15) is 9.59 Å². The maximum Gasteiger partial charge on any atom is 0.193 e.